The van der Waals surface area contributed by atoms with Gasteiger partial charge in [0.1, 0.15) is 6.54 Å². The van der Waals surface area contributed by atoms with Crippen LogP contribution in [0.15, 0.2) is 18.2 Å². The second-order valence-corrected chi connectivity index (χ2v) is 5.60. The van der Waals surface area contributed by atoms with Crippen molar-refractivity contribution >= 4 is 46.4 Å². The topological polar surface area (TPSA) is 46.9 Å². The van der Waals surface area contributed by atoms with Gasteiger partial charge in [-0.1, -0.05) is 34.8 Å². The third-order valence-corrected chi connectivity index (χ3v) is 3.72. The number of nitrogens with one attached hydrogen (secondary N) is 1. The van der Waals surface area contributed by atoms with Crippen molar-refractivity contribution in [3.05, 3.63) is 44.7 Å². The number of anilines is 1. The number of carbonyl (C=O) groups is 1. The van der Waals surface area contributed by atoms with Crippen molar-refractivity contribution < 1.29 is 4.79 Å². The summed E-state index contributed by atoms with van der Waals surface area (Å²) in [5.74, 6) is -0.231. The number of hydrogen-bond acceptors (Lipinski definition) is 2. The van der Waals surface area contributed by atoms with Gasteiger partial charge < -0.3 is 5.32 Å². The highest BCUT2D eigenvalue weighted by molar-refractivity contribution is 6.35. The molecular weight excluding hydrogens is 321 g/mol. The Hall–Kier alpha value is -1.23. The van der Waals surface area contributed by atoms with Crippen LogP contribution in [0.1, 0.15) is 11.4 Å². The van der Waals surface area contributed by atoms with Gasteiger partial charge in [-0.2, -0.15) is 5.10 Å². The summed E-state index contributed by atoms with van der Waals surface area (Å²) in [4.78, 5) is 12.0. The molecule has 1 aromatic carbocycles. The fourth-order valence-corrected chi connectivity index (χ4v) is 2.45. The van der Waals surface area contributed by atoms with Gasteiger partial charge in [0.15, 0.2) is 0 Å². The molecular formula is C13H12Cl3N3O. The summed E-state index contributed by atoms with van der Waals surface area (Å²) in [6.07, 6.45) is 0. The lowest BCUT2D eigenvalue weighted by Gasteiger charge is -2.07. The van der Waals surface area contributed by atoms with E-state index in [0.717, 1.165) is 5.69 Å². The number of hydrogen-bond donors (Lipinski definition) is 1. The SMILES string of the molecule is Cc1nn(CC(=O)Nc2cc(Cl)cc(Cl)c2)c(C)c1Cl. The molecule has 0 bridgehead atoms. The molecule has 0 radical (unpaired) electrons. The van der Waals surface area contributed by atoms with E-state index in [2.05, 4.69) is 10.4 Å². The predicted molar refractivity (Wildman–Crippen MR) is 81.8 cm³/mol. The molecule has 1 amide bonds. The summed E-state index contributed by atoms with van der Waals surface area (Å²) < 4.78 is 1.55. The van der Waals surface area contributed by atoms with Crippen molar-refractivity contribution in [3.63, 3.8) is 0 Å². The first-order valence-electron chi connectivity index (χ1n) is 5.82. The van der Waals surface area contributed by atoms with E-state index in [1.54, 1.807) is 29.8 Å². The monoisotopic (exact) mass is 331 g/mol. The molecule has 7 heteroatoms. The van der Waals surface area contributed by atoms with Crippen LogP contribution in [-0.4, -0.2) is 15.7 Å². The Balaban J connectivity index is 2.11. The van der Waals surface area contributed by atoms with Gasteiger partial charge in [0, 0.05) is 15.7 Å². The molecule has 1 aromatic heterocycles. The van der Waals surface area contributed by atoms with E-state index in [-0.39, 0.29) is 12.5 Å². The zero-order chi connectivity index (χ0) is 14.9. The van der Waals surface area contributed by atoms with Crippen molar-refractivity contribution in [3.8, 4) is 0 Å². The second kappa shape index (κ2) is 6.04. The Morgan fingerprint density at radius 3 is 2.30 bits per heavy atom. The molecule has 0 fully saturated rings. The Morgan fingerprint density at radius 1 is 1.20 bits per heavy atom. The minimum atomic E-state index is -0.231. The third kappa shape index (κ3) is 3.45. The minimum absolute atomic E-state index is 0.0729. The van der Waals surface area contributed by atoms with Crippen LogP contribution in [0.4, 0.5) is 5.69 Å². The van der Waals surface area contributed by atoms with Crippen molar-refractivity contribution in [1.82, 2.24) is 9.78 Å². The number of rotatable bonds is 3. The molecule has 0 atom stereocenters. The van der Waals surface area contributed by atoms with Crippen LogP contribution >= 0.6 is 34.8 Å². The molecule has 2 aromatic rings. The molecule has 0 aliphatic heterocycles. The minimum Gasteiger partial charge on any atom is -0.324 e. The van der Waals surface area contributed by atoms with E-state index in [4.69, 9.17) is 34.8 Å². The number of carbonyl (C=O) groups excluding carboxylic acids is 1. The van der Waals surface area contributed by atoms with Crippen molar-refractivity contribution in [2.75, 3.05) is 5.32 Å². The summed E-state index contributed by atoms with van der Waals surface area (Å²) in [5, 5.41) is 8.41. The highest BCUT2D eigenvalue weighted by Crippen LogP contribution is 2.23. The Labute approximate surface area is 131 Å². The molecule has 0 saturated heterocycles. The Kier molecular flexibility index (Phi) is 4.58. The Morgan fingerprint density at radius 2 is 1.80 bits per heavy atom. The molecule has 106 valence electrons. The van der Waals surface area contributed by atoms with E-state index in [1.807, 2.05) is 6.92 Å². The molecule has 0 spiro atoms. The maximum absolute atomic E-state index is 12.0. The van der Waals surface area contributed by atoms with E-state index in [0.29, 0.717) is 26.4 Å². The highest BCUT2D eigenvalue weighted by atomic mass is 35.5. The lowest BCUT2D eigenvalue weighted by Crippen LogP contribution is -2.20. The second-order valence-electron chi connectivity index (χ2n) is 4.35. The van der Waals surface area contributed by atoms with Gasteiger partial charge in [0.05, 0.1) is 16.4 Å². The molecule has 0 saturated carbocycles. The number of nitrogens with zero attached hydrogens (tertiary/aromatic N) is 2. The van der Waals surface area contributed by atoms with Crippen LogP contribution in [0.25, 0.3) is 0 Å². The average Bonchev–Trinajstić information content (AvgIpc) is 2.55. The zero-order valence-corrected chi connectivity index (χ0v) is 13.1. The zero-order valence-electron chi connectivity index (χ0n) is 10.9. The van der Waals surface area contributed by atoms with Crippen LogP contribution in [0.3, 0.4) is 0 Å². The highest BCUT2D eigenvalue weighted by Gasteiger charge is 2.12. The molecule has 0 aliphatic rings. The molecule has 1 N–H and O–H groups in total. The maximum atomic E-state index is 12.0. The van der Waals surface area contributed by atoms with Crippen molar-refractivity contribution in [2.45, 2.75) is 20.4 Å². The number of benzene rings is 1. The average molecular weight is 333 g/mol. The van der Waals surface area contributed by atoms with Gasteiger partial charge in [0.25, 0.3) is 0 Å². The summed E-state index contributed by atoms with van der Waals surface area (Å²) in [5.41, 5.74) is 1.99. The first-order chi connectivity index (χ1) is 9.36. The van der Waals surface area contributed by atoms with Gasteiger partial charge in [-0.05, 0) is 32.0 Å². The third-order valence-electron chi connectivity index (χ3n) is 2.73. The summed E-state index contributed by atoms with van der Waals surface area (Å²) in [6.45, 7) is 3.68. The molecule has 20 heavy (non-hydrogen) atoms. The first kappa shape index (κ1) is 15.2. The molecule has 2 rings (SSSR count). The van der Waals surface area contributed by atoms with Crippen LogP contribution in [0, 0.1) is 13.8 Å². The van der Waals surface area contributed by atoms with Crippen LogP contribution in [0.2, 0.25) is 15.1 Å². The predicted octanol–water partition coefficient (Wildman–Crippen LogP) is 4.10. The smallest absolute Gasteiger partial charge is 0.246 e. The van der Waals surface area contributed by atoms with Crippen molar-refractivity contribution in [2.24, 2.45) is 0 Å². The van der Waals surface area contributed by atoms with Crippen molar-refractivity contribution in [1.29, 1.82) is 0 Å². The summed E-state index contributed by atoms with van der Waals surface area (Å²) in [6, 6.07) is 4.85. The van der Waals surface area contributed by atoms with Gasteiger partial charge >= 0.3 is 0 Å². The molecule has 4 nitrogen and oxygen atoms in total. The molecule has 0 unspecified atom stereocenters. The molecule has 1 heterocycles. The quantitative estimate of drug-likeness (QED) is 0.920. The standard InChI is InChI=1S/C13H12Cl3N3O/c1-7-13(16)8(2)19(18-7)6-12(20)17-11-4-9(14)3-10(15)5-11/h3-5H,6H2,1-2H3,(H,17,20). The summed E-state index contributed by atoms with van der Waals surface area (Å²) >= 11 is 17.8. The Bertz CT molecular complexity index is 647. The number of aryl methyl sites for hydroxylation is 1. The van der Waals surface area contributed by atoms with Gasteiger partial charge in [0.2, 0.25) is 5.91 Å². The van der Waals surface area contributed by atoms with Gasteiger partial charge in [-0.25, -0.2) is 0 Å². The maximum Gasteiger partial charge on any atom is 0.246 e. The largest absolute Gasteiger partial charge is 0.324 e. The molecule has 0 aliphatic carbocycles. The van der Waals surface area contributed by atoms with Crippen LogP contribution in [0.5, 0.6) is 0 Å². The first-order valence-corrected chi connectivity index (χ1v) is 6.95. The fraction of sp³-hybridized carbons (Fsp3) is 0.231. The normalized spacial score (nSPS) is 10.7. The van der Waals surface area contributed by atoms with Crippen LogP contribution < -0.4 is 5.32 Å². The fourth-order valence-electron chi connectivity index (χ4n) is 1.79. The number of halogens is 3. The van der Waals surface area contributed by atoms with Gasteiger partial charge in [-0.15, -0.1) is 0 Å². The lowest BCUT2D eigenvalue weighted by molar-refractivity contribution is -0.116. The van der Waals surface area contributed by atoms with Gasteiger partial charge in [-0.3, -0.25) is 9.48 Å². The van der Waals surface area contributed by atoms with E-state index >= 15 is 0 Å². The van der Waals surface area contributed by atoms with E-state index in [9.17, 15) is 4.79 Å². The van der Waals surface area contributed by atoms with Crippen LogP contribution in [-0.2, 0) is 11.3 Å². The number of amides is 1. The summed E-state index contributed by atoms with van der Waals surface area (Å²) in [7, 11) is 0. The lowest BCUT2D eigenvalue weighted by atomic mass is 10.3. The number of aromatic nitrogens is 2. The van der Waals surface area contributed by atoms with E-state index in [1.165, 1.54) is 0 Å². The van der Waals surface area contributed by atoms with E-state index < -0.39 is 0 Å².